The molecule has 0 heterocycles. The lowest BCUT2D eigenvalue weighted by Crippen LogP contribution is -2.23. The lowest BCUT2D eigenvalue weighted by molar-refractivity contribution is -0.138. The molecule has 0 radical (unpaired) electrons. The molecule has 0 aliphatic heterocycles. The maximum atomic E-state index is 13.4. The topological polar surface area (TPSA) is 74.6 Å². The van der Waals surface area contributed by atoms with Gasteiger partial charge in [-0.25, -0.2) is 9.18 Å². The van der Waals surface area contributed by atoms with Gasteiger partial charge in [0.25, 0.3) is 0 Å². The van der Waals surface area contributed by atoms with E-state index in [-0.39, 0.29) is 6.42 Å². The van der Waals surface area contributed by atoms with Gasteiger partial charge in [-0.3, -0.25) is 4.79 Å². The maximum absolute atomic E-state index is 13.4. The summed E-state index contributed by atoms with van der Waals surface area (Å²) in [6.07, 6.45) is -0.154. The zero-order valence-electron chi connectivity index (χ0n) is 10.5. The van der Waals surface area contributed by atoms with E-state index in [1.54, 1.807) is 20.8 Å². The summed E-state index contributed by atoms with van der Waals surface area (Å²) in [7, 11) is 0. The van der Waals surface area contributed by atoms with Gasteiger partial charge in [0.1, 0.15) is 5.82 Å². The van der Waals surface area contributed by atoms with Crippen molar-refractivity contribution >= 4 is 11.9 Å². The van der Waals surface area contributed by atoms with Gasteiger partial charge < -0.3 is 10.2 Å². The van der Waals surface area contributed by atoms with Crippen LogP contribution in [0.3, 0.4) is 0 Å². The largest absolute Gasteiger partial charge is 0.481 e. The summed E-state index contributed by atoms with van der Waals surface area (Å²) >= 11 is 0. The monoisotopic (exact) mass is 254 g/mol. The first-order valence-electron chi connectivity index (χ1n) is 5.41. The first-order chi connectivity index (χ1) is 8.15. The molecule has 0 aliphatic rings. The van der Waals surface area contributed by atoms with Gasteiger partial charge in [0, 0.05) is 5.41 Å². The third kappa shape index (κ3) is 2.85. The first kappa shape index (κ1) is 14.2. The molecular weight excluding hydrogens is 239 g/mol. The van der Waals surface area contributed by atoms with E-state index in [2.05, 4.69) is 0 Å². The van der Waals surface area contributed by atoms with Gasteiger partial charge in [0.05, 0.1) is 12.0 Å². The first-order valence-corrected chi connectivity index (χ1v) is 5.41. The highest BCUT2D eigenvalue weighted by Crippen LogP contribution is 2.31. The van der Waals surface area contributed by atoms with Crippen molar-refractivity contribution in [3.05, 3.63) is 34.6 Å². The van der Waals surface area contributed by atoms with Crippen molar-refractivity contribution in [2.45, 2.75) is 32.6 Å². The Balaban J connectivity index is 3.36. The van der Waals surface area contributed by atoms with Gasteiger partial charge in [-0.05, 0) is 30.2 Å². The number of rotatable bonds is 4. The van der Waals surface area contributed by atoms with Crippen molar-refractivity contribution in [1.29, 1.82) is 0 Å². The van der Waals surface area contributed by atoms with E-state index in [1.165, 1.54) is 6.07 Å². The van der Waals surface area contributed by atoms with Crippen molar-refractivity contribution in [3.8, 4) is 0 Å². The second kappa shape index (κ2) is 4.76. The van der Waals surface area contributed by atoms with E-state index in [9.17, 15) is 14.0 Å². The van der Waals surface area contributed by atoms with Crippen LogP contribution in [0.4, 0.5) is 4.39 Å². The Morgan fingerprint density at radius 1 is 1.28 bits per heavy atom. The van der Waals surface area contributed by atoms with Crippen LogP contribution >= 0.6 is 0 Å². The van der Waals surface area contributed by atoms with Crippen LogP contribution in [0.5, 0.6) is 0 Å². The Morgan fingerprint density at radius 3 is 2.28 bits per heavy atom. The third-order valence-corrected chi connectivity index (χ3v) is 2.87. The second-order valence-corrected chi connectivity index (χ2v) is 4.91. The maximum Gasteiger partial charge on any atom is 0.338 e. The number of aryl methyl sites for hydroxylation is 1. The molecule has 0 bridgehead atoms. The number of carboxylic acids is 2. The number of carbonyl (C=O) groups is 2. The molecule has 0 aromatic heterocycles. The Bertz CT molecular complexity index is 506. The summed E-state index contributed by atoms with van der Waals surface area (Å²) in [5.41, 5.74) is -0.116. The average molecular weight is 254 g/mol. The summed E-state index contributed by atoms with van der Waals surface area (Å²) in [6.45, 7) is 5.01. The number of benzene rings is 1. The van der Waals surface area contributed by atoms with Crippen LogP contribution in [0.15, 0.2) is 12.1 Å². The average Bonchev–Trinajstić information content (AvgIpc) is 2.13. The summed E-state index contributed by atoms with van der Waals surface area (Å²) in [6, 6.07) is 2.35. The van der Waals surface area contributed by atoms with E-state index >= 15 is 0 Å². The molecule has 0 spiro atoms. The Hall–Kier alpha value is -1.91. The fraction of sp³-hybridized carbons (Fsp3) is 0.385. The van der Waals surface area contributed by atoms with E-state index in [1.807, 2.05) is 0 Å². The van der Waals surface area contributed by atoms with Gasteiger partial charge in [-0.1, -0.05) is 13.8 Å². The zero-order valence-corrected chi connectivity index (χ0v) is 10.5. The lowest BCUT2D eigenvalue weighted by Gasteiger charge is -2.25. The highest BCUT2D eigenvalue weighted by atomic mass is 19.1. The molecule has 0 saturated heterocycles. The molecule has 18 heavy (non-hydrogen) atoms. The van der Waals surface area contributed by atoms with Crippen LogP contribution in [0.1, 0.15) is 41.8 Å². The van der Waals surface area contributed by atoms with Crippen LogP contribution in [0.2, 0.25) is 0 Å². The van der Waals surface area contributed by atoms with E-state index in [0.717, 1.165) is 6.07 Å². The van der Waals surface area contributed by atoms with E-state index in [0.29, 0.717) is 11.1 Å². The number of hydrogen-bond donors (Lipinski definition) is 2. The quantitative estimate of drug-likeness (QED) is 0.866. The van der Waals surface area contributed by atoms with E-state index in [4.69, 9.17) is 10.2 Å². The molecule has 0 amide bonds. The summed E-state index contributed by atoms with van der Waals surface area (Å²) in [5.74, 6) is -3.16. The van der Waals surface area contributed by atoms with Gasteiger partial charge in [0.2, 0.25) is 0 Å². The van der Waals surface area contributed by atoms with Gasteiger partial charge in [0.15, 0.2) is 0 Å². The zero-order chi connectivity index (χ0) is 14.1. The highest BCUT2D eigenvalue weighted by molar-refractivity contribution is 5.88. The molecular formula is C13H15FO4. The van der Waals surface area contributed by atoms with Gasteiger partial charge in [-0.15, -0.1) is 0 Å². The summed E-state index contributed by atoms with van der Waals surface area (Å²) in [4.78, 5) is 21.7. The van der Waals surface area contributed by atoms with Crippen molar-refractivity contribution in [2.24, 2.45) is 0 Å². The molecule has 98 valence electrons. The Morgan fingerprint density at radius 2 is 1.83 bits per heavy atom. The lowest BCUT2D eigenvalue weighted by atomic mass is 9.78. The molecule has 5 heteroatoms. The second-order valence-electron chi connectivity index (χ2n) is 4.91. The predicted molar refractivity (Wildman–Crippen MR) is 63.4 cm³/mol. The predicted octanol–water partition coefficient (Wildman–Crippen LogP) is 2.58. The number of aromatic carboxylic acids is 1. The van der Waals surface area contributed by atoms with Crippen molar-refractivity contribution in [3.63, 3.8) is 0 Å². The molecule has 0 saturated carbocycles. The molecule has 0 unspecified atom stereocenters. The van der Waals surface area contributed by atoms with Crippen LogP contribution in [-0.4, -0.2) is 22.2 Å². The minimum atomic E-state index is -1.36. The van der Waals surface area contributed by atoms with Crippen LogP contribution in [0, 0.1) is 12.7 Å². The number of aliphatic carboxylic acids is 1. The van der Waals surface area contributed by atoms with Crippen molar-refractivity contribution in [2.75, 3.05) is 0 Å². The van der Waals surface area contributed by atoms with Crippen LogP contribution in [0.25, 0.3) is 0 Å². The summed E-state index contributed by atoms with van der Waals surface area (Å²) in [5, 5.41) is 17.7. The number of carboxylic acid groups (broad SMARTS) is 2. The molecule has 0 fully saturated rings. The highest BCUT2D eigenvalue weighted by Gasteiger charge is 2.27. The smallest absolute Gasteiger partial charge is 0.338 e. The minimum absolute atomic E-state index is 0.154. The molecule has 1 aromatic rings. The Kier molecular flexibility index (Phi) is 3.74. The van der Waals surface area contributed by atoms with Gasteiger partial charge >= 0.3 is 11.9 Å². The van der Waals surface area contributed by atoms with Crippen LogP contribution in [-0.2, 0) is 10.2 Å². The fourth-order valence-electron chi connectivity index (χ4n) is 2.04. The summed E-state index contributed by atoms with van der Waals surface area (Å²) < 4.78 is 13.4. The third-order valence-electron chi connectivity index (χ3n) is 2.87. The van der Waals surface area contributed by atoms with Crippen molar-refractivity contribution < 1.29 is 24.2 Å². The number of hydrogen-bond acceptors (Lipinski definition) is 2. The molecule has 1 aromatic carbocycles. The molecule has 2 N–H and O–H groups in total. The number of halogens is 1. The Labute approximate surface area is 104 Å². The van der Waals surface area contributed by atoms with Crippen LogP contribution < -0.4 is 0 Å². The normalized spacial score (nSPS) is 11.3. The minimum Gasteiger partial charge on any atom is -0.481 e. The molecule has 1 rings (SSSR count). The van der Waals surface area contributed by atoms with Crippen molar-refractivity contribution in [1.82, 2.24) is 0 Å². The molecule has 0 aliphatic carbocycles. The fourth-order valence-corrected chi connectivity index (χ4v) is 2.04. The van der Waals surface area contributed by atoms with E-state index < -0.39 is 28.7 Å². The standard InChI is InChI=1S/C13H15FO4/c1-7-4-10(14)8(12(17)18)5-9(7)13(2,3)6-11(15)16/h4-5H,6H2,1-3H3,(H,15,16)(H,17,18). The molecule has 0 atom stereocenters. The molecule has 4 nitrogen and oxygen atoms in total. The van der Waals surface area contributed by atoms with Gasteiger partial charge in [-0.2, -0.15) is 0 Å². The SMILES string of the molecule is Cc1cc(F)c(C(=O)O)cc1C(C)(C)CC(=O)O.